The zero-order chi connectivity index (χ0) is 13.5. The molecule has 19 heavy (non-hydrogen) atoms. The molecule has 0 unspecified atom stereocenters. The molecule has 1 N–H and O–H groups in total. The Morgan fingerprint density at radius 1 is 1.21 bits per heavy atom. The largest absolute Gasteiger partial charge is 0.381 e. The number of nitrogens with zero attached hydrogens (tertiary/aromatic N) is 1. The average Bonchev–Trinajstić information content (AvgIpc) is 2.89. The predicted octanol–water partition coefficient (Wildman–Crippen LogP) is 2.45. The summed E-state index contributed by atoms with van der Waals surface area (Å²) in [6.45, 7) is 0.813. The Labute approximate surface area is 121 Å². The minimum atomic E-state index is -0.873. The number of likely N-dealkylation sites (tertiary alicyclic amines) is 1. The van der Waals surface area contributed by atoms with Gasteiger partial charge < -0.3 is 10.0 Å². The highest BCUT2D eigenvalue weighted by Crippen LogP contribution is 2.34. The van der Waals surface area contributed by atoms with Gasteiger partial charge >= 0.3 is 0 Å². The molecule has 0 aromatic heterocycles. The molecule has 1 aliphatic heterocycles. The molecule has 1 aromatic carbocycles. The molecule has 100 valence electrons. The van der Waals surface area contributed by atoms with Crippen LogP contribution in [0.25, 0.3) is 0 Å². The Bertz CT molecular complexity index is 509. The number of carbonyl (C=O) groups excluding carboxylic acids is 1. The summed E-state index contributed by atoms with van der Waals surface area (Å²) in [5.41, 5.74) is 0.00635. The minimum Gasteiger partial charge on any atom is -0.381 e. The van der Waals surface area contributed by atoms with Gasteiger partial charge in [0.25, 0.3) is 0 Å². The van der Waals surface area contributed by atoms with Crippen LogP contribution >= 0.6 is 15.9 Å². The topological polar surface area (TPSA) is 40.5 Å². The summed E-state index contributed by atoms with van der Waals surface area (Å²) in [6.07, 6.45) is 5.80. The molecule has 0 atom stereocenters. The van der Waals surface area contributed by atoms with E-state index in [1.54, 1.807) is 4.90 Å². The fourth-order valence-corrected chi connectivity index (χ4v) is 3.03. The van der Waals surface area contributed by atoms with Gasteiger partial charge in [-0.25, -0.2) is 0 Å². The number of hydrogen-bond acceptors (Lipinski definition) is 2. The zero-order valence-corrected chi connectivity index (χ0v) is 12.1. The third kappa shape index (κ3) is 2.35. The van der Waals surface area contributed by atoms with Gasteiger partial charge in [-0.15, -0.1) is 0 Å². The lowest BCUT2D eigenvalue weighted by Crippen LogP contribution is -2.62. The van der Waals surface area contributed by atoms with Crippen molar-refractivity contribution in [2.75, 3.05) is 13.1 Å². The SMILES string of the molecule is O=C(C1CC=CC1)N1CC(O)(c2ccc(Br)cc2)C1. The van der Waals surface area contributed by atoms with Crippen LogP contribution in [0.5, 0.6) is 0 Å². The molecule has 0 spiro atoms. The van der Waals surface area contributed by atoms with E-state index < -0.39 is 5.60 Å². The van der Waals surface area contributed by atoms with Gasteiger partial charge in [-0.2, -0.15) is 0 Å². The lowest BCUT2D eigenvalue weighted by atomic mass is 9.85. The van der Waals surface area contributed by atoms with Crippen LogP contribution in [0, 0.1) is 5.92 Å². The van der Waals surface area contributed by atoms with Crippen molar-refractivity contribution < 1.29 is 9.90 Å². The number of β-amino-alcohol motifs (C(OH)–C–C–N with tert-alkyl or cyclic N) is 1. The fraction of sp³-hybridized carbons (Fsp3) is 0.400. The average molecular weight is 322 g/mol. The van der Waals surface area contributed by atoms with Gasteiger partial charge in [0.2, 0.25) is 5.91 Å². The number of halogens is 1. The van der Waals surface area contributed by atoms with E-state index in [-0.39, 0.29) is 11.8 Å². The second-order valence-corrected chi connectivity index (χ2v) is 6.29. The van der Waals surface area contributed by atoms with Gasteiger partial charge in [0.05, 0.1) is 13.1 Å². The monoisotopic (exact) mass is 321 g/mol. The fourth-order valence-electron chi connectivity index (χ4n) is 2.76. The maximum absolute atomic E-state index is 12.2. The predicted molar refractivity (Wildman–Crippen MR) is 76.5 cm³/mol. The number of allylic oxidation sites excluding steroid dienone is 2. The first kappa shape index (κ1) is 12.9. The Morgan fingerprint density at radius 3 is 2.37 bits per heavy atom. The Balaban J connectivity index is 1.64. The number of benzene rings is 1. The normalized spacial score (nSPS) is 21.5. The van der Waals surface area contributed by atoms with Crippen LogP contribution < -0.4 is 0 Å². The molecule has 4 heteroatoms. The Morgan fingerprint density at radius 2 is 1.79 bits per heavy atom. The molecular formula is C15H16BrNO2. The van der Waals surface area contributed by atoms with Crippen molar-refractivity contribution >= 4 is 21.8 Å². The molecule has 3 rings (SSSR count). The third-order valence-electron chi connectivity index (χ3n) is 3.96. The van der Waals surface area contributed by atoms with Crippen LogP contribution in [0.3, 0.4) is 0 Å². The van der Waals surface area contributed by atoms with Crippen molar-refractivity contribution in [1.29, 1.82) is 0 Å². The highest BCUT2D eigenvalue weighted by Gasteiger charge is 2.46. The van der Waals surface area contributed by atoms with E-state index in [1.165, 1.54) is 0 Å². The van der Waals surface area contributed by atoms with Crippen molar-refractivity contribution in [3.05, 3.63) is 46.5 Å². The highest BCUT2D eigenvalue weighted by atomic mass is 79.9. The number of aliphatic hydroxyl groups is 1. The summed E-state index contributed by atoms with van der Waals surface area (Å²) in [5, 5.41) is 10.5. The molecule has 1 aliphatic carbocycles. The van der Waals surface area contributed by atoms with Crippen LogP contribution in [0.2, 0.25) is 0 Å². The molecular weight excluding hydrogens is 306 g/mol. The van der Waals surface area contributed by atoms with Crippen molar-refractivity contribution in [3.8, 4) is 0 Å². The number of hydrogen-bond donors (Lipinski definition) is 1. The lowest BCUT2D eigenvalue weighted by Gasteiger charge is -2.47. The number of rotatable bonds is 2. The second-order valence-electron chi connectivity index (χ2n) is 5.37. The summed E-state index contributed by atoms with van der Waals surface area (Å²) in [4.78, 5) is 13.9. The van der Waals surface area contributed by atoms with Gasteiger partial charge in [0, 0.05) is 10.4 Å². The van der Waals surface area contributed by atoms with Gasteiger partial charge in [-0.1, -0.05) is 40.2 Å². The van der Waals surface area contributed by atoms with Crippen molar-refractivity contribution in [3.63, 3.8) is 0 Å². The number of amides is 1. The van der Waals surface area contributed by atoms with Crippen LogP contribution in [-0.4, -0.2) is 29.0 Å². The Kier molecular flexibility index (Phi) is 3.23. The molecule has 1 saturated heterocycles. The maximum atomic E-state index is 12.2. The van der Waals surface area contributed by atoms with E-state index in [1.807, 2.05) is 24.3 Å². The summed E-state index contributed by atoms with van der Waals surface area (Å²) in [5.74, 6) is 0.265. The van der Waals surface area contributed by atoms with Crippen LogP contribution in [0.1, 0.15) is 18.4 Å². The van der Waals surface area contributed by atoms with E-state index in [4.69, 9.17) is 0 Å². The lowest BCUT2D eigenvalue weighted by molar-refractivity contribution is -0.161. The van der Waals surface area contributed by atoms with E-state index in [2.05, 4.69) is 28.1 Å². The molecule has 1 fully saturated rings. The molecule has 1 aromatic rings. The first-order valence-electron chi connectivity index (χ1n) is 6.51. The molecule has 1 heterocycles. The van der Waals surface area contributed by atoms with E-state index in [9.17, 15) is 9.90 Å². The quantitative estimate of drug-likeness (QED) is 0.850. The van der Waals surface area contributed by atoms with Crippen molar-refractivity contribution in [1.82, 2.24) is 4.90 Å². The summed E-state index contributed by atoms with van der Waals surface area (Å²) < 4.78 is 0.990. The highest BCUT2D eigenvalue weighted by molar-refractivity contribution is 9.10. The number of carbonyl (C=O) groups is 1. The van der Waals surface area contributed by atoms with Gasteiger partial charge in [-0.05, 0) is 30.5 Å². The molecule has 0 radical (unpaired) electrons. The zero-order valence-electron chi connectivity index (χ0n) is 10.6. The van der Waals surface area contributed by atoms with Crippen LogP contribution in [0.4, 0.5) is 0 Å². The standard InChI is InChI=1S/C15H16BrNO2/c16-13-7-5-12(6-8-13)15(19)9-17(10-15)14(18)11-3-1-2-4-11/h1-2,5-8,11,19H,3-4,9-10H2. The van der Waals surface area contributed by atoms with E-state index in [0.29, 0.717) is 13.1 Å². The molecule has 0 bridgehead atoms. The molecule has 3 nitrogen and oxygen atoms in total. The maximum Gasteiger partial charge on any atom is 0.226 e. The van der Waals surface area contributed by atoms with Crippen molar-refractivity contribution in [2.45, 2.75) is 18.4 Å². The summed E-state index contributed by atoms with van der Waals surface area (Å²) in [6, 6.07) is 7.64. The van der Waals surface area contributed by atoms with Crippen LogP contribution in [0.15, 0.2) is 40.9 Å². The van der Waals surface area contributed by atoms with E-state index >= 15 is 0 Å². The first-order chi connectivity index (χ1) is 9.08. The molecule has 1 amide bonds. The van der Waals surface area contributed by atoms with Gasteiger partial charge in [-0.3, -0.25) is 4.79 Å². The smallest absolute Gasteiger partial charge is 0.226 e. The molecule has 2 aliphatic rings. The van der Waals surface area contributed by atoms with Gasteiger partial charge in [0.1, 0.15) is 5.60 Å². The summed E-state index contributed by atoms with van der Waals surface area (Å²) >= 11 is 3.38. The second kappa shape index (κ2) is 4.76. The summed E-state index contributed by atoms with van der Waals surface area (Å²) in [7, 11) is 0. The Hall–Kier alpha value is -1.13. The minimum absolute atomic E-state index is 0.0921. The van der Waals surface area contributed by atoms with E-state index in [0.717, 1.165) is 22.9 Å². The van der Waals surface area contributed by atoms with Crippen LogP contribution in [-0.2, 0) is 10.4 Å². The van der Waals surface area contributed by atoms with Gasteiger partial charge in [0.15, 0.2) is 0 Å². The molecule has 0 saturated carbocycles. The third-order valence-corrected chi connectivity index (χ3v) is 4.48. The first-order valence-corrected chi connectivity index (χ1v) is 7.30. The van der Waals surface area contributed by atoms with Crippen molar-refractivity contribution in [2.24, 2.45) is 5.92 Å².